The zero-order valence-corrected chi connectivity index (χ0v) is 12.3. The van der Waals surface area contributed by atoms with Crippen LogP contribution in [0.5, 0.6) is 11.5 Å². The minimum absolute atomic E-state index is 0.292. The van der Waals surface area contributed by atoms with E-state index in [1.807, 2.05) is 30.3 Å². The Balaban J connectivity index is 1.70. The highest BCUT2D eigenvalue weighted by Gasteiger charge is 2.04. The molecular weight excluding hydrogens is 293 g/mol. The van der Waals surface area contributed by atoms with Crippen LogP contribution in [-0.2, 0) is 6.42 Å². The molecule has 0 aliphatic heterocycles. The summed E-state index contributed by atoms with van der Waals surface area (Å²) in [6, 6.07) is 17.4. The van der Waals surface area contributed by atoms with Crippen LogP contribution in [0.4, 0.5) is 4.39 Å². The molecule has 114 valence electrons. The van der Waals surface area contributed by atoms with Crippen molar-refractivity contribution in [1.82, 2.24) is 10.2 Å². The lowest BCUT2D eigenvalue weighted by atomic mass is 10.1. The number of H-pyrrole nitrogens is 1. The minimum Gasteiger partial charge on any atom is -0.457 e. The van der Waals surface area contributed by atoms with Crippen molar-refractivity contribution in [3.63, 3.8) is 0 Å². The molecule has 3 aromatic rings. The molecule has 3 rings (SSSR count). The average Bonchev–Trinajstić information content (AvgIpc) is 3.05. The lowest BCUT2D eigenvalue weighted by Gasteiger charge is -2.06. The van der Waals surface area contributed by atoms with E-state index < -0.39 is 0 Å². The molecule has 0 amide bonds. The topological polar surface area (TPSA) is 61.7 Å². The van der Waals surface area contributed by atoms with Crippen molar-refractivity contribution in [2.45, 2.75) is 12.8 Å². The van der Waals surface area contributed by atoms with Gasteiger partial charge in [0.2, 0.25) is 0 Å². The van der Waals surface area contributed by atoms with Crippen molar-refractivity contribution in [2.75, 3.05) is 0 Å². The summed E-state index contributed by atoms with van der Waals surface area (Å²) in [7, 11) is 0. The van der Waals surface area contributed by atoms with Gasteiger partial charge >= 0.3 is 0 Å². The van der Waals surface area contributed by atoms with E-state index in [1.165, 1.54) is 12.1 Å². The number of hydrogen-bond acceptors (Lipinski definition) is 3. The van der Waals surface area contributed by atoms with Crippen LogP contribution in [0, 0.1) is 17.1 Å². The van der Waals surface area contributed by atoms with Crippen molar-refractivity contribution in [2.24, 2.45) is 0 Å². The number of rotatable bonds is 5. The van der Waals surface area contributed by atoms with Crippen molar-refractivity contribution < 1.29 is 9.13 Å². The van der Waals surface area contributed by atoms with Gasteiger partial charge in [0, 0.05) is 12.8 Å². The van der Waals surface area contributed by atoms with Gasteiger partial charge < -0.3 is 4.74 Å². The Kier molecular flexibility index (Phi) is 4.34. The van der Waals surface area contributed by atoms with E-state index in [0.717, 1.165) is 17.0 Å². The predicted molar refractivity (Wildman–Crippen MR) is 84.4 cm³/mol. The lowest BCUT2D eigenvalue weighted by molar-refractivity contribution is 0.480. The number of aromatic amines is 1. The molecule has 0 aliphatic rings. The van der Waals surface area contributed by atoms with Gasteiger partial charge in [-0.15, -0.1) is 0 Å². The smallest absolute Gasteiger partial charge is 0.127 e. The van der Waals surface area contributed by atoms with Crippen LogP contribution >= 0.6 is 0 Å². The van der Waals surface area contributed by atoms with Crippen LogP contribution in [0.15, 0.2) is 54.6 Å². The fourth-order valence-corrected chi connectivity index (χ4v) is 2.16. The van der Waals surface area contributed by atoms with Crippen LogP contribution in [0.25, 0.3) is 11.3 Å². The standard InChI is InChI=1S/C18H14FN3O/c19-14-5-9-17(10-6-14)23-16-7-3-13(4-8-16)18-12-15(21-22-18)2-1-11-20/h3-10,12H,1-2H2,(H,21,22). The number of nitriles is 1. The summed E-state index contributed by atoms with van der Waals surface area (Å²) in [6.45, 7) is 0. The number of aromatic nitrogens is 2. The van der Waals surface area contributed by atoms with Crippen molar-refractivity contribution in [1.29, 1.82) is 5.26 Å². The first-order valence-corrected chi connectivity index (χ1v) is 7.20. The highest BCUT2D eigenvalue weighted by molar-refractivity contribution is 5.60. The summed E-state index contributed by atoms with van der Waals surface area (Å²) in [5.74, 6) is 0.961. The zero-order valence-electron chi connectivity index (χ0n) is 12.3. The SMILES string of the molecule is N#CCCc1cc(-c2ccc(Oc3ccc(F)cc3)cc2)[nH]n1. The molecule has 0 fully saturated rings. The third-order valence-electron chi connectivity index (χ3n) is 3.34. The quantitative estimate of drug-likeness (QED) is 0.756. The summed E-state index contributed by atoms with van der Waals surface area (Å²) in [4.78, 5) is 0. The van der Waals surface area contributed by atoms with Crippen LogP contribution in [-0.4, -0.2) is 10.2 Å². The van der Waals surface area contributed by atoms with E-state index in [0.29, 0.717) is 24.3 Å². The van der Waals surface area contributed by atoms with Gasteiger partial charge in [-0.3, -0.25) is 5.10 Å². The molecule has 0 aliphatic carbocycles. The van der Waals surface area contributed by atoms with Gasteiger partial charge in [0.25, 0.3) is 0 Å². The number of nitrogens with zero attached hydrogens (tertiary/aromatic N) is 2. The van der Waals surface area contributed by atoms with Crippen molar-refractivity contribution in [3.05, 3.63) is 66.1 Å². The average molecular weight is 307 g/mol. The van der Waals surface area contributed by atoms with Crippen molar-refractivity contribution in [3.8, 4) is 28.8 Å². The molecular formula is C18H14FN3O. The van der Waals surface area contributed by atoms with E-state index in [4.69, 9.17) is 10.00 Å². The molecule has 0 saturated carbocycles. The highest BCUT2D eigenvalue weighted by Crippen LogP contribution is 2.25. The Morgan fingerprint density at radius 1 is 1.04 bits per heavy atom. The molecule has 2 aromatic carbocycles. The second kappa shape index (κ2) is 6.75. The summed E-state index contributed by atoms with van der Waals surface area (Å²) in [5, 5.41) is 15.7. The zero-order chi connectivity index (χ0) is 16.1. The van der Waals surface area contributed by atoms with Gasteiger partial charge in [0.15, 0.2) is 0 Å². The fraction of sp³-hybridized carbons (Fsp3) is 0.111. The molecule has 4 nitrogen and oxygen atoms in total. The Morgan fingerprint density at radius 2 is 1.70 bits per heavy atom. The number of benzene rings is 2. The van der Waals surface area contributed by atoms with Gasteiger partial charge in [0.05, 0.1) is 17.5 Å². The Morgan fingerprint density at radius 3 is 2.35 bits per heavy atom. The highest BCUT2D eigenvalue weighted by atomic mass is 19.1. The Bertz CT molecular complexity index is 817. The first kappa shape index (κ1) is 14.8. The molecule has 0 atom stereocenters. The first-order chi connectivity index (χ1) is 11.2. The maximum atomic E-state index is 12.9. The molecule has 1 aromatic heterocycles. The molecule has 0 saturated heterocycles. The summed E-state index contributed by atoms with van der Waals surface area (Å²) in [5.41, 5.74) is 2.74. The molecule has 1 N–H and O–H groups in total. The van der Waals surface area contributed by atoms with Gasteiger partial charge in [0.1, 0.15) is 17.3 Å². The maximum Gasteiger partial charge on any atom is 0.127 e. The number of ether oxygens (including phenoxy) is 1. The molecule has 0 radical (unpaired) electrons. The third-order valence-corrected chi connectivity index (χ3v) is 3.34. The summed E-state index contributed by atoms with van der Waals surface area (Å²) in [6.07, 6.45) is 1.09. The van der Waals surface area contributed by atoms with Crippen LogP contribution in [0.1, 0.15) is 12.1 Å². The Labute approximate surface area is 133 Å². The fourth-order valence-electron chi connectivity index (χ4n) is 2.16. The number of halogens is 1. The number of hydrogen-bond donors (Lipinski definition) is 1. The van der Waals surface area contributed by atoms with E-state index in [9.17, 15) is 4.39 Å². The second-order valence-electron chi connectivity index (χ2n) is 5.01. The van der Waals surface area contributed by atoms with Crippen LogP contribution in [0.2, 0.25) is 0 Å². The van der Waals surface area contributed by atoms with Crippen molar-refractivity contribution >= 4 is 0 Å². The molecule has 23 heavy (non-hydrogen) atoms. The Hall–Kier alpha value is -3.13. The predicted octanol–water partition coefficient (Wildman–Crippen LogP) is 4.46. The van der Waals surface area contributed by atoms with E-state index in [-0.39, 0.29) is 5.82 Å². The van der Waals surface area contributed by atoms with Gasteiger partial charge in [-0.05, 0) is 60.2 Å². The maximum absolute atomic E-state index is 12.9. The number of nitrogens with one attached hydrogen (secondary N) is 1. The van der Waals surface area contributed by atoms with E-state index in [2.05, 4.69) is 16.3 Å². The second-order valence-corrected chi connectivity index (χ2v) is 5.01. The van der Waals surface area contributed by atoms with Gasteiger partial charge in [-0.25, -0.2) is 4.39 Å². The van der Waals surface area contributed by atoms with Crippen LogP contribution in [0.3, 0.4) is 0 Å². The molecule has 1 heterocycles. The largest absolute Gasteiger partial charge is 0.457 e. The monoisotopic (exact) mass is 307 g/mol. The third kappa shape index (κ3) is 3.74. The molecule has 0 spiro atoms. The van der Waals surface area contributed by atoms with Gasteiger partial charge in [-0.1, -0.05) is 0 Å². The normalized spacial score (nSPS) is 10.3. The summed E-state index contributed by atoms with van der Waals surface area (Å²) < 4.78 is 18.5. The van der Waals surface area contributed by atoms with E-state index >= 15 is 0 Å². The minimum atomic E-state index is -0.292. The van der Waals surface area contributed by atoms with Crippen LogP contribution < -0.4 is 4.74 Å². The molecule has 0 bridgehead atoms. The lowest BCUT2D eigenvalue weighted by Crippen LogP contribution is -1.85. The van der Waals surface area contributed by atoms with Gasteiger partial charge in [-0.2, -0.15) is 10.4 Å². The first-order valence-electron chi connectivity index (χ1n) is 7.20. The molecule has 5 heteroatoms. The molecule has 0 unspecified atom stereocenters. The van der Waals surface area contributed by atoms with E-state index in [1.54, 1.807) is 12.1 Å². The summed E-state index contributed by atoms with van der Waals surface area (Å²) >= 11 is 0. The number of aryl methyl sites for hydroxylation is 1.